The molecule has 1 aromatic rings. The highest BCUT2D eigenvalue weighted by Gasteiger charge is 2.27. The van der Waals surface area contributed by atoms with Gasteiger partial charge in [0.05, 0.1) is 6.26 Å². The van der Waals surface area contributed by atoms with Crippen molar-refractivity contribution in [2.24, 2.45) is 0 Å². The molecular formula is C14H24N4O4S. The number of carbonyl (C=O) groups is 1. The molecule has 1 aromatic heterocycles. The molecule has 1 N–H and O–H groups in total. The van der Waals surface area contributed by atoms with Crippen LogP contribution >= 0.6 is 0 Å². The number of anilines is 1. The van der Waals surface area contributed by atoms with E-state index in [1.54, 1.807) is 20.0 Å². The molecule has 23 heavy (non-hydrogen) atoms. The number of sulfonamides is 1. The molecular weight excluding hydrogens is 320 g/mol. The summed E-state index contributed by atoms with van der Waals surface area (Å²) in [6, 6.07) is 1.72. The molecule has 1 fully saturated rings. The minimum absolute atomic E-state index is 0.0492. The third-order valence-electron chi connectivity index (χ3n) is 4.14. The van der Waals surface area contributed by atoms with Gasteiger partial charge in [0.1, 0.15) is 5.76 Å². The number of nitrogens with one attached hydrogen (secondary N) is 1. The molecule has 1 saturated heterocycles. The van der Waals surface area contributed by atoms with E-state index in [1.165, 1.54) is 10.6 Å². The largest absolute Gasteiger partial charge is 0.360 e. The molecule has 0 spiro atoms. The molecule has 2 heterocycles. The van der Waals surface area contributed by atoms with E-state index in [-0.39, 0.29) is 11.9 Å². The number of rotatable bonds is 6. The number of aromatic nitrogens is 1. The lowest BCUT2D eigenvalue weighted by molar-refractivity contribution is -0.116. The molecule has 0 aromatic carbocycles. The first-order valence-electron chi connectivity index (χ1n) is 7.64. The van der Waals surface area contributed by atoms with Gasteiger partial charge in [0, 0.05) is 32.1 Å². The molecule has 1 amide bonds. The average molecular weight is 344 g/mol. The van der Waals surface area contributed by atoms with Gasteiger partial charge in [-0.25, -0.2) is 12.7 Å². The van der Waals surface area contributed by atoms with Gasteiger partial charge in [-0.15, -0.1) is 0 Å². The molecule has 0 saturated carbocycles. The zero-order chi connectivity index (χ0) is 17.0. The van der Waals surface area contributed by atoms with Gasteiger partial charge in [-0.05, 0) is 32.9 Å². The summed E-state index contributed by atoms with van der Waals surface area (Å²) in [7, 11) is -1.52. The van der Waals surface area contributed by atoms with Crippen molar-refractivity contribution in [3.05, 3.63) is 11.8 Å². The highest BCUT2D eigenvalue weighted by molar-refractivity contribution is 7.88. The average Bonchev–Trinajstić information content (AvgIpc) is 2.89. The summed E-state index contributed by atoms with van der Waals surface area (Å²) in [5.41, 5.74) is 0. The third kappa shape index (κ3) is 5.29. The van der Waals surface area contributed by atoms with Crippen LogP contribution in [0.4, 0.5) is 5.82 Å². The van der Waals surface area contributed by atoms with Crippen LogP contribution in [0.1, 0.15) is 25.0 Å². The molecule has 0 unspecified atom stereocenters. The van der Waals surface area contributed by atoms with Crippen LogP contribution in [0.5, 0.6) is 0 Å². The lowest BCUT2D eigenvalue weighted by atomic mass is 10.1. The van der Waals surface area contributed by atoms with Gasteiger partial charge in [0.2, 0.25) is 15.9 Å². The standard InChI is InChI=1S/C14H24N4O4S/c1-11-10-13(16-22-11)15-14(19)6-9-18-7-4-12(5-8-18)17(2)23(3,20)21/h10,12H,4-9H2,1-3H3,(H,15,16,19). The van der Waals surface area contributed by atoms with Crippen molar-refractivity contribution in [1.29, 1.82) is 0 Å². The van der Waals surface area contributed by atoms with Crippen LogP contribution in [0.15, 0.2) is 10.6 Å². The molecule has 0 bridgehead atoms. The summed E-state index contributed by atoms with van der Waals surface area (Å²) in [5, 5.41) is 6.41. The number of likely N-dealkylation sites (tertiary alicyclic amines) is 1. The number of aryl methyl sites for hydroxylation is 1. The second kappa shape index (κ2) is 7.41. The summed E-state index contributed by atoms with van der Waals surface area (Å²) >= 11 is 0. The molecule has 8 nitrogen and oxygen atoms in total. The lowest BCUT2D eigenvalue weighted by Gasteiger charge is -2.35. The predicted molar refractivity (Wildman–Crippen MR) is 86.6 cm³/mol. The van der Waals surface area contributed by atoms with Crippen LogP contribution < -0.4 is 5.32 Å². The van der Waals surface area contributed by atoms with Crippen LogP contribution in [0.2, 0.25) is 0 Å². The van der Waals surface area contributed by atoms with Crippen molar-refractivity contribution in [2.45, 2.75) is 32.2 Å². The molecule has 0 aliphatic carbocycles. The van der Waals surface area contributed by atoms with Gasteiger partial charge >= 0.3 is 0 Å². The van der Waals surface area contributed by atoms with E-state index in [0.717, 1.165) is 25.9 Å². The maximum atomic E-state index is 11.9. The number of hydrogen-bond acceptors (Lipinski definition) is 6. The van der Waals surface area contributed by atoms with Crippen molar-refractivity contribution in [3.63, 3.8) is 0 Å². The first kappa shape index (κ1) is 17.9. The van der Waals surface area contributed by atoms with Crippen molar-refractivity contribution < 1.29 is 17.7 Å². The first-order valence-corrected chi connectivity index (χ1v) is 9.49. The maximum Gasteiger partial charge on any atom is 0.226 e. The van der Waals surface area contributed by atoms with Crippen molar-refractivity contribution >= 4 is 21.7 Å². The zero-order valence-electron chi connectivity index (χ0n) is 13.8. The van der Waals surface area contributed by atoms with Crippen molar-refractivity contribution in [1.82, 2.24) is 14.4 Å². The van der Waals surface area contributed by atoms with Crippen molar-refractivity contribution in [2.75, 3.05) is 38.3 Å². The summed E-state index contributed by atoms with van der Waals surface area (Å²) in [4.78, 5) is 14.0. The van der Waals surface area contributed by atoms with Crippen LogP contribution in [0.25, 0.3) is 0 Å². The van der Waals surface area contributed by atoms with Gasteiger partial charge < -0.3 is 14.7 Å². The van der Waals surface area contributed by atoms with Crippen LogP contribution in [-0.4, -0.2) is 67.7 Å². The second-order valence-corrected chi connectivity index (χ2v) is 8.02. The molecule has 9 heteroatoms. The molecule has 1 aliphatic rings. The topological polar surface area (TPSA) is 95.8 Å². The second-order valence-electron chi connectivity index (χ2n) is 5.97. The number of piperidine rings is 1. The van der Waals surface area contributed by atoms with Gasteiger partial charge in [0.15, 0.2) is 5.82 Å². The lowest BCUT2D eigenvalue weighted by Crippen LogP contribution is -2.45. The van der Waals surface area contributed by atoms with E-state index in [4.69, 9.17) is 4.52 Å². The minimum atomic E-state index is -3.14. The van der Waals surface area contributed by atoms with Gasteiger partial charge in [-0.1, -0.05) is 5.16 Å². The fourth-order valence-corrected chi connectivity index (χ4v) is 3.42. The van der Waals surface area contributed by atoms with E-state index in [9.17, 15) is 13.2 Å². The number of hydrogen-bond donors (Lipinski definition) is 1. The Morgan fingerprint density at radius 1 is 1.48 bits per heavy atom. The van der Waals surface area contributed by atoms with E-state index in [2.05, 4.69) is 15.4 Å². The number of nitrogens with zero attached hydrogens (tertiary/aromatic N) is 3. The number of carbonyl (C=O) groups excluding carboxylic acids is 1. The molecule has 2 rings (SSSR count). The summed E-state index contributed by atoms with van der Waals surface area (Å²) in [5.74, 6) is 0.979. The Hall–Kier alpha value is -1.45. The van der Waals surface area contributed by atoms with E-state index in [1.807, 2.05) is 0 Å². The summed E-state index contributed by atoms with van der Waals surface area (Å²) in [6.07, 6.45) is 3.18. The van der Waals surface area contributed by atoms with Gasteiger partial charge in [-0.3, -0.25) is 4.79 Å². The SMILES string of the molecule is Cc1cc(NC(=O)CCN2CCC(N(C)S(C)(=O)=O)CC2)no1. The smallest absolute Gasteiger partial charge is 0.226 e. The molecule has 0 radical (unpaired) electrons. The predicted octanol–water partition coefficient (Wildman–Crippen LogP) is 0.667. The maximum absolute atomic E-state index is 11.9. The van der Waals surface area contributed by atoms with E-state index in [0.29, 0.717) is 24.5 Å². The fourth-order valence-electron chi connectivity index (χ4n) is 2.67. The Bertz CT molecular complexity index is 635. The Balaban J connectivity index is 1.71. The van der Waals surface area contributed by atoms with Crippen molar-refractivity contribution in [3.8, 4) is 0 Å². The Morgan fingerprint density at radius 2 is 2.13 bits per heavy atom. The summed E-state index contributed by atoms with van der Waals surface area (Å²) in [6.45, 7) is 4.00. The monoisotopic (exact) mass is 344 g/mol. The Morgan fingerprint density at radius 3 is 2.65 bits per heavy atom. The Labute approximate surface area is 136 Å². The minimum Gasteiger partial charge on any atom is -0.360 e. The van der Waals surface area contributed by atoms with Crippen LogP contribution in [-0.2, 0) is 14.8 Å². The first-order chi connectivity index (χ1) is 10.8. The van der Waals surface area contributed by atoms with Crippen LogP contribution in [0, 0.1) is 6.92 Å². The van der Waals surface area contributed by atoms with Crippen LogP contribution in [0.3, 0.4) is 0 Å². The third-order valence-corrected chi connectivity index (χ3v) is 5.49. The summed E-state index contributed by atoms with van der Waals surface area (Å²) < 4.78 is 29.4. The fraction of sp³-hybridized carbons (Fsp3) is 0.714. The molecule has 0 atom stereocenters. The highest BCUT2D eigenvalue weighted by Crippen LogP contribution is 2.17. The zero-order valence-corrected chi connectivity index (χ0v) is 14.6. The van der Waals surface area contributed by atoms with E-state index < -0.39 is 10.0 Å². The van der Waals surface area contributed by atoms with Gasteiger partial charge in [0.25, 0.3) is 0 Å². The quantitative estimate of drug-likeness (QED) is 0.815. The highest BCUT2D eigenvalue weighted by atomic mass is 32.2. The number of amides is 1. The van der Waals surface area contributed by atoms with Gasteiger partial charge in [-0.2, -0.15) is 0 Å². The normalized spacial score (nSPS) is 17.6. The van der Waals surface area contributed by atoms with E-state index >= 15 is 0 Å². The Kier molecular flexibility index (Phi) is 5.77. The molecule has 1 aliphatic heterocycles. The molecule has 130 valence electrons.